The van der Waals surface area contributed by atoms with Crippen LogP contribution in [0, 0.1) is 5.41 Å². The average molecular weight is 342 g/mol. The third-order valence-corrected chi connectivity index (χ3v) is 5.13. The van der Waals surface area contributed by atoms with E-state index in [4.69, 9.17) is 4.74 Å². The van der Waals surface area contributed by atoms with Crippen molar-refractivity contribution in [2.24, 2.45) is 5.41 Å². The van der Waals surface area contributed by atoms with Crippen molar-refractivity contribution in [2.45, 2.75) is 45.1 Å². The highest BCUT2D eigenvalue weighted by atomic mass is 16.5. The van der Waals surface area contributed by atoms with Crippen molar-refractivity contribution in [3.63, 3.8) is 0 Å². The van der Waals surface area contributed by atoms with Crippen LogP contribution in [0.4, 0.5) is 0 Å². The van der Waals surface area contributed by atoms with Crippen LogP contribution < -0.4 is 15.4 Å². The van der Waals surface area contributed by atoms with E-state index >= 15 is 0 Å². The van der Waals surface area contributed by atoms with Crippen LogP contribution in [-0.2, 0) is 4.79 Å². The number of rotatable bonds is 0. The van der Waals surface area contributed by atoms with Crippen molar-refractivity contribution >= 4 is 11.8 Å². The molecule has 0 bridgehead atoms. The molecule has 2 N–H and O–H groups in total. The van der Waals surface area contributed by atoms with Crippen LogP contribution in [0.25, 0.3) is 0 Å². The standard InChI is InChI=1S/C20H26N2O3/c1-15-14-21-19(24)20(10-4-5-11-20)12-6-7-13-25-17-9-3-2-8-16(17)18(23)22-15/h2-3,6-9,15H,4-5,10-14H2,1H3,(H,21,24)(H,22,23)/b7-6+/t15-/m0/s1. The van der Waals surface area contributed by atoms with Gasteiger partial charge in [-0.25, -0.2) is 0 Å². The van der Waals surface area contributed by atoms with Gasteiger partial charge in [-0.3, -0.25) is 9.59 Å². The maximum Gasteiger partial charge on any atom is 0.255 e. The average Bonchev–Trinajstić information content (AvgIpc) is 3.09. The highest BCUT2D eigenvalue weighted by Crippen LogP contribution is 2.41. The van der Waals surface area contributed by atoms with Gasteiger partial charge in [-0.2, -0.15) is 0 Å². The van der Waals surface area contributed by atoms with Crippen LogP contribution in [0.2, 0.25) is 0 Å². The molecule has 3 rings (SSSR count). The van der Waals surface area contributed by atoms with E-state index in [0.717, 1.165) is 32.1 Å². The third-order valence-electron chi connectivity index (χ3n) is 5.13. The monoisotopic (exact) mass is 342 g/mol. The normalized spacial score (nSPS) is 25.2. The Balaban J connectivity index is 1.81. The van der Waals surface area contributed by atoms with E-state index in [1.807, 2.05) is 31.2 Å². The summed E-state index contributed by atoms with van der Waals surface area (Å²) >= 11 is 0. The Morgan fingerprint density at radius 3 is 2.68 bits per heavy atom. The summed E-state index contributed by atoms with van der Waals surface area (Å²) < 4.78 is 5.77. The van der Waals surface area contributed by atoms with Gasteiger partial charge in [0.15, 0.2) is 0 Å². The summed E-state index contributed by atoms with van der Waals surface area (Å²) in [6.45, 7) is 2.71. The molecule has 2 amide bonds. The van der Waals surface area contributed by atoms with Crippen molar-refractivity contribution in [1.82, 2.24) is 10.6 Å². The van der Waals surface area contributed by atoms with E-state index in [1.165, 1.54) is 0 Å². The van der Waals surface area contributed by atoms with Gasteiger partial charge >= 0.3 is 0 Å². The van der Waals surface area contributed by atoms with Gasteiger partial charge in [-0.15, -0.1) is 0 Å². The summed E-state index contributed by atoms with van der Waals surface area (Å²) in [7, 11) is 0. The van der Waals surface area contributed by atoms with E-state index in [2.05, 4.69) is 10.6 Å². The predicted molar refractivity (Wildman–Crippen MR) is 96.5 cm³/mol. The number of benzene rings is 1. The number of ether oxygens (including phenoxy) is 1. The molecular formula is C20H26N2O3. The molecule has 1 aromatic carbocycles. The first kappa shape index (κ1) is 17.5. The van der Waals surface area contributed by atoms with Gasteiger partial charge in [0.1, 0.15) is 12.4 Å². The zero-order chi connectivity index (χ0) is 17.7. The van der Waals surface area contributed by atoms with Crippen molar-refractivity contribution in [1.29, 1.82) is 0 Å². The molecule has 0 radical (unpaired) electrons. The number of allylic oxidation sites excluding steroid dienone is 1. The first-order valence-electron chi connectivity index (χ1n) is 9.07. The van der Waals surface area contributed by atoms with E-state index in [1.54, 1.807) is 12.1 Å². The summed E-state index contributed by atoms with van der Waals surface area (Å²) in [6.07, 6.45) is 8.76. The maximum atomic E-state index is 12.7. The number of nitrogens with one attached hydrogen (secondary N) is 2. The van der Waals surface area contributed by atoms with Crippen molar-refractivity contribution in [3.05, 3.63) is 42.0 Å². The minimum Gasteiger partial charge on any atom is -0.489 e. The zero-order valence-corrected chi connectivity index (χ0v) is 14.7. The first-order valence-corrected chi connectivity index (χ1v) is 9.07. The SMILES string of the molecule is C[C@H]1CNC(=O)C2(C/C=C/COc3ccccc3C(=O)N1)CCCC2. The molecule has 1 aliphatic carbocycles. The number of hydrogen-bond acceptors (Lipinski definition) is 3. The molecule has 0 saturated heterocycles. The third kappa shape index (κ3) is 4.03. The molecule has 5 heteroatoms. The van der Waals surface area contributed by atoms with E-state index in [0.29, 0.717) is 24.5 Å². The van der Waals surface area contributed by atoms with Crippen LogP contribution in [0.5, 0.6) is 5.75 Å². The van der Waals surface area contributed by atoms with E-state index < -0.39 is 0 Å². The molecule has 1 fully saturated rings. The molecule has 1 atom stereocenters. The summed E-state index contributed by atoms with van der Waals surface area (Å²) in [5.41, 5.74) is 0.209. The molecule has 134 valence electrons. The predicted octanol–water partition coefficient (Wildman–Crippen LogP) is 2.82. The largest absolute Gasteiger partial charge is 0.489 e. The van der Waals surface area contributed by atoms with Gasteiger partial charge in [0.05, 0.1) is 11.0 Å². The molecule has 25 heavy (non-hydrogen) atoms. The lowest BCUT2D eigenvalue weighted by atomic mass is 9.81. The fourth-order valence-electron chi connectivity index (χ4n) is 3.66. The number of fused-ring (bicyclic) bond motifs is 1. The number of carbonyl (C=O) groups excluding carboxylic acids is 2. The number of hydrogen-bond donors (Lipinski definition) is 2. The first-order chi connectivity index (χ1) is 12.1. The van der Waals surface area contributed by atoms with Crippen molar-refractivity contribution in [3.8, 4) is 5.75 Å². The van der Waals surface area contributed by atoms with E-state index in [9.17, 15) is 9.59 Å². The summed E-state index contributed by atoms with van der Waals surface area (Å²) in [4.78, 5) is 25.2. The van der Waals surface area contributed by atoms with Crippen LogP contribution in [0.1, 0.15) is 49.4 Å². The van der Waals surface area contributed by atoms with Gasteiger partial charge in [0, 0.05) is 12.6 Å². The van der Waals surface area contributed by atoms with Crippen molar-refractivity contribution < 1.29 is 14.3 Å². The fourth-order valence-corrected chi connectivity index (χ4v) is 3.66. The minimum absolute atomic E-state index is 0.106. The molecule has 2 aliphatic rings. The second kappa shape index (κ2) is 7.72. The van der Waals surface area contributed by atoms with Gasteiger partial charge in [-0.05, 0) is 38.3 Å². The Morgan fingerprint density at radius 1 is 1.12 bits per heavy atom. The lowest BCUT2D eigenvalue weighted by Gasteiger charge is -2.27. The lowest BCUT2D eigenvalue weighted by Crippen LogP contribution is -2.46. The second-order valence-electron chi connectivity index (χ2n) is 7.05. The molecule has 1 saturated carbocycles. The number of para-hydroxylation sites is 1. The highest BCUT2D eigenvalue weighted by molar-refractivity contribution is 5.97. The summed E-state index contributed by atoms with van der Waals surface area (Å²) in [5.74, 6) is 0.497. The molecule has 1 spiro atoms. The van der Waals surface area contributed by atoms with Gasteiger partial charge in [0.2, 0.25) is 5.91 Å². The Morgan fingerprint density at radius 2 is 1.88 bits per heavy atom. The number of carbonyl (C=O) groups is 2. The topological polar surface area (TPSA) is 67.4 Å². The van der Waals surface area contributed by atoms with Crippen molar-refractivity contribution in [2.75, 3.05) is 13.2 Å². The quantitative estimate of drug-likeness (QED) is 0.713. The van der Waals surface area contributed by atoms with Crippen LogP contribution in [0.3, 0.4) is 0 Å². The maximum absolute atomic E-state index is 12.7. The molecule has 1 aliphatic heterocycles. The Kier molecular flexibility index (Phi) is 5.41. The zero-order valence-electron chi connectivity index (χ0n) is 14.7. The molecule has 1 heterocycles. The van der Waals surface area contributed by atoms with Crippen LogP contribution in [-0.4, -0.2) is 31.0 Å². The smallest absolute Gasteiger partial charge is 0.255 e. The molecule has 1 aromatic rings. The van der Waals surface area contributed by atoms with Crippen LogP contribution in [0.15, 0.2) is 36.4 Å². The fraction of sp³-hybridized carbons (Fsp3) is 0.500. The Hall–Kier alpha value is -2.30. The van der Waals surface area contributed by atoms with Crippen LogP contribution >= 0.6 is 0 Å². The van der Waals surface area contributed by atoms with E-state index in [-0.39, 0.29) is 23.3 Å². The summed E-state index contributed by atoms with van der Waals surface area (Å²) in [5, 5.41) is 5.98. The molecule has 0 aromatic heterocycles. The Labute approximate surface area is 148 Å². The van der Waals surface area contributed by atoms with Gasteiger partial charge in [-0.1, -0.05) is 37.1 Å². The second-order valence-corrected chi connectivity index (χ2v) is 7.05. The number of amides is 2. The molecular weight excluding hydrogens is 316 g/mol. The van der Waals surface area contributed by atoms with Gasteiger partial charge < -0.3 is 15.4 Å². The van der Waals surface area contributed by atoms with Gasteiger partial charge in [0.25, 0.3) is 5.91 Å². The Bertz CT molecular complexity index is 663. The lowest BCUT2D eigenvalue weighted by molar-refractivity contribution is -0.130. The highest BCUT2D eigenvalue weighted by Gasteiger charge is 2.39. The molecule has 0 unspecified atom stereocenters. The minimum atomic E-state index is -0.303. The molecule has 5 nitrogen and oxygen atoms in total. The summed E-state index contributed by atoms with van der Waals surface area (Å²) in [6, 6.07) is 7.08.